The standard InChI is InChI=1S/C30H46N4O7/c1-8-17(3)25(33-28(39)26(18(4)9-2)34-29(40)41-30(5,6)7)27(38)32-22(23(35)15-24(36)37)14-19-16-31-21-13-11-10-12-20(19)21/h10-13,16-18,22-23,25-26,31,35H,8-9,14-15H2,1-7H3,(H,32,38)(H,33,39)(H,34,40)(H,36,37)/t17-,18-,22-,23-,25-,26-/m0/s1. The predicted octanol–water partition coefficient (Wildman–Crippen LogP) is 3.50. The molecule has 0 spiro atoms. The molecule has 0 saturated carbocycles. The first-order valence-electron chi connectivity index (χ1n) is 14.2. The molecule has 41 heavy (non-hydrogen) atoms. The van der Waals surface area contributed by atoms with E-state index in [1.165, 1.54) is 0 Å². The number of para-hydroxylation sites is 1. The van der Waals surface area contributed by atoms with Gasteiger partial charge in [0.1, 0.15) is 17.7 Å². The number of carbonyl (C=O) groups excluding carboxylic acids is 3. The number of hydrogen-bond acceptors (Lipinski definition) is 6. The van der Waals surface area contributed by atoms with Gasteiger partial charge < -0.3 is 35.9 Å². The lowest BCUT2D eigenvalue weighted by Gasteiger charge is -2.31. The quantitative estimate of drug-likeness (QED) is 0.201. The summed E-state index contributed by atoms with van der Waals surface area (Å²) >= 11 is 0. The number of amides is 3. The molecule has 11 nitrogen and oxygen atoms in total. The van der Waals surface area contributed by atoms with Gasteiger partial charge in [-0.1, -0.05) is 58.7 Å². The normalized spacial score (nSPS) is 16.1. The maximum absolute atomic E-state index is 13.6. The number of benzene rings is 1. The molecule has 3 amide bonds. The third-order valence-corrected chi connectivity index (χ3v) is 7.25. The minimum Gasteiger partial charge on any atom is -0.481 e. The van der Waals surface area contributed by atoms with Crippen LogP contribution in [0.15, 0.2) is 30.5 Å². The molecule has 11 heteroatoms. The summed E-state index contributed by atoms with van der Waals surface area (Å²) in [6.45, 7) is 12.6. The number of fused-ring (bicyclic) bond motifs is 1. The summed E-state index contributed by atoms with van der Waals surface area (Å²) in [5.74, 6) is -2.85. The molecule has 2 aromatic rings. The second-order valence-electron chi connectivity index (χ2n) is 11.7. The summed E-state index contributed by atoms with van der Waals surface area (Å²) in [6.07, 6.45) is 0.395. The number of nitrogens with one attached hydrogen (secondary N) is 4. The Bertz CT molecular complexity index is 1190. The number of carbonyl (C=O) groups is 4. The van der Waals surface area contributed by atoms with E-state index in [2.05, 4.69) is 20.9 Å². The number of aliphatic carboxylic acids is 1. The molecule has 6 atom stereocenters. The van der Waals surface area contributed by atoms with E-state index >= 15 is 0 Å². The van der Waals surface area contributed by atoms with Crippen LogP contribution in [-0.4, -0.2) is 68.9 Å². The summed E-state index contributed by atoms with van der Waals surface area (Å²) in [5.41, 5.74) is 0.924. The molecule has 1 aromatic heterocycles. The first kappa shape index (κ1) is 33.6. The molecule has 0 aliphatic carbocycles. The Balaban J connectivity index is 2.29. The fourth-order valence-corrected chi connectivity index (χ4v) is 4.50. The number of carboxylic acids is 1. The number of carboxylic acid groups (broad SMARTS) is 1. The van der Waals surface area contributed by atoms with Gasteiger partial charge in [0.2, 0.25) is 11.8 Å². The van der Waals surface area contributed by atoms with Gasteiger partial charge in [-0.25, -0.2) is 4.79 Å². The van der Waals surface area contributed by atoms with Gasteiger partial charge >= 0.3 is 12.1 Å². The number of H-pyrrole nitrogens is 1. The van der Waals surface area contributed by atoms with Crippen LogP contribution in [0.5, 0.6) is 0 Å². The van der Waals surface area contributed by atoms with Crippen LogP contribution >= 0.6 is 0 Å². The van der Waals surface area contributed by atoms with Crippen LogP contribution in [0.4, 0.5) is 4.79 Å². The Morgan fingerprint density at radius 1 is 0.927 bits per heavy atom. The van der Waals surface area contributed by atoms with E-state index in [0.717, 1.165) is 16.5 Å². The third kappa shape index (κ3) is 10.1. The Morgan fingerprint density at radius 3 is 2.05 bits per heavy atom. The highest BCUT2D eigenvalue weighted by Gasteiger charge is 2.35. The average molecular weight is 575 g/mol. The number of ether oxygens (including phenoxy) is 1. The highest BCUT2D eigenvalue weighted by Crippen LogP contribution is 2.21. The Hall–Kier alpha value is -3.60. The lowest BCUT2D eigenvalue weighted by molar-refractivity contribution is -0.140. The predicted molar refractivity (Wildman–Crippen MR) is 156 cm³/mol. The largest absolute Gasteiger partial charge is 0.481 e. The first-order chi connectivity index (χ1) is 19.2. The molecule has 1 heterocycles. The van der Waals surface area contributed by atoms with Crippen molar-refractivity contribution in [3.63, 3.8) is 0 Å². The summed E-state index contributed by atoms with van der Waals surface area (Å²) in [4.78, 5) is 54.1. The van der Waals surface area contributed by atoms with Crippen molar-refractivity contribution in [1.29, 1.82) is 0 Å². The van der Waals surface area contributed by atoms with Crippen molar-refractivity contribution in [3.8, 4) is 0 Å². The van der Waals surface area contributed by atoms with Gasteiger partial charge in [0.05, 0.1) is 18.6 Å². The minimum absolute atomic E-state index is 0.168. The van der Waals surface area contributed by atoms with E-state index in [4.69, 9.17) is 4.74 Å². The van der Waals surface area contributed by atoms with Crippen molar-refractivity contribution in [2.24, 2.45) is 11.8 Å². The minimum atomic E-state index is -1.37. The molecular formula is C30H46N4O7. The summed E-state index contributed by atoms with van der Waals surface area (Å²) in [7, 11) is 0. The molecule has 0 radical (unpaired) electrons. The van der Waals surface area contributed by atoms with Gasteiger partial charge in [0.15, 0.2) is 0 Å². The van der Waals surface area contributed by atoms with Crippen molar-refractivity contribution in [2.45, 2.75) is 104 Å². The molecule has 0 aliphatic heterocycles. The number of aromatic nitrogens is 1. The van der Waals surface area contributed by atoms with Crippen LogP contribution in [0.2, 0.25) is 0 Å². The van der Waals surface area contributed by atoms with Crippen molar-refractivity contribution in [3.05, 3.63) is 36.0 Å². The molecule has 6 N–H and O–H groups in total. The fourth-order valence-electron chi connectivity index (χ4n) is 4.50. The van der Waals surface area contributed by atoms with E-state index in [9.17, 15) is 29.4 Å². The number of aliphatic hydroxyl groups excluding tert-OH is 1. The smallest absolute Gasteiger partial charge is 0.408 e. The van der Waals surface area contributed by atoms with E-state index in [-0.39, 0.29) is 18.3 Å². The van der Waals surface area contributed by atoms with Gasteiger partial charge in [-0.05, 0) is 50.7 Å². The van der Waals surface area contributed by atoms with Crippen LogP contribution in [0.3, 0.4) is 0 Å². The Kier molecular flexibility index (Phi) is 12.2. The second kappa shape index (κ2) is 14.9. The van der Waals surface area contributed by atoms with Crippen LogP contribution in [-0.2, 0) is 25.5 Å². The lowest BCUT2D eigenvalue weighted by Crippen LogP contribution is -2.59. The van der Waals surface area contributed by atoms with Crippen molar-refractivity contribution in [2.75, 3.05) is 0 Å². The molecule has 0 aliphatic rings. The monoisotopic (exact) mass is 574 g/mol. The zero-order chi connectivity index (χ0) is 30.9. The lowest BCUT2D eigenvalue weighted by atomic mass is 9.93. The molecular weight excluding hydrogens is 528 g/mol. The van der Waals surface area contributed by atoms with Gasteiger partial charge in [-0.2, -0.15) is 0 Å². The maximum atomic E-state index is 13.6. The topological polar surface area (TPSA) is 170 Å². The zero-order valence-corrected chi connectivity index (χ0v) is 25.1. The van der Waals surface area contributed by atoms with Gasteiger partial charge in [-0.15, -0.1) is 0 Å². The number of hydrogen-bond donors (Lipinski definition) is 6. The van der Waals surface area contributed by atoms with Crippen LogP contribution in [0, 0.1) is 11.8 Å². The summed E-state index contributed by atoms with van der Waals surface area (Å²) < 4.78 is 5.34. The van der Waals surface area contributed by atoms with Gasteiger partial charge in [0.25, 0.3) is 0 Å². The van der Waals surface area contributed by atoms with Crippen LogP contribution in [0.25, 0.3) is 10.9 Å². The van der Waals surface area contributed by atoms with Gasteiger partial charge in [-0.3, -0.25) is 14.4 Å². The van der Waals surface area contributed by atoms with Crippen LogP contribution in [0.1, 0.15) is 73.3 Å². The molecule has 0 saturated heterocycles. The van der Waals surface area contributed by atoms with Crippen molar-refractivity contribution >= 4 is 34.8 Å². The molecule has 228 valence electrons. The number of aliphatic hydroxyl groups is 1. The maximum Gasteiger partial charge on any atom is 0.408 e. The Labute approximate surface area is 241 Å². The molecule has 0 fully saturated rings. The van der Waals surface area contributed by atoms with E-state index in [1.54, 1.807) is 27.0 Å². The number of aromatic amines is 1. The second-order valence-corrected chi connectivity index (χ2v) is 11.7. The highest BCUT2D eigenvalue weighted by atomic mass is 16.6. The van der Waals surface area contributed by atoms with E-state index < -0.39 is 60.1 Å². The van der Waals surface area contributed by atoms with Crippen molar-refractivity contribution < 1.29 is 34.1 Å². The molecule has 0 unspecified atom stereocenters. The highest BCUT2D eigenvalue weighted by molar-refractivity contribution is 5.92. The number of alkyl carbamates (subject to hydrolysis) is 1. The van der Waals surface area contributed by atoms with E-state index in [0.29, 0.717) is 12.8 Å². The molecule has 2 rings (SSSR count). The van der Waals surface area contributed by atoms with Gasteiger partial charge in [0, 0.05) is 17.1 Å². The molecule has 1 aromatic carbocycles. The SMILES string of the molecule is CC[C@H](C)[C@H](NC(=O)OC(C)(C)C)C(=O)N[C@H](C(=O)N[C@@H](Cc1c[nH]c2ccccc12)[C@@H](O)CC(=O)O)[C@@H](C)CC. The third-order valence-electron chi connectivity index (χ3n) is 7.25. The molecule has 0 bridgehead atoms. The van der Waals surface area contributed by atoms with Crippen molar-refractivity contribution in [1.82, 2.24) is 20.9 Å². The fraction of sp³-hybridized carbons (Fsp3) is 0.600. The Morgan fingerprint density at radius 2 is 1.49 bits per heavy atom. The number of rotatable bonds is 14. The average Bonchev–Trinajstić information content (AvgIpc) is 3.30. The summed E-state index contributed by atoms with van der Waals surface area (Å²) in [5, 5.41) is 29.2. The first-order valence-corrected chi connectivity index (χ1v) is 14.2. The van der Waals surface area contributed by atoms with Crippen LogP contribution < -0.4 is 16.0 Å². The summed E-state index contributed by atoms with van der Waals surface area (Å²) in [6, 6.07) is 4.66. The zero-order valence-electron chi connectivity index (χ0n) is 25.1. The van der Waals surface area contributed by atoms with E-state index in [1.807, 2.05) is 52.0 Å².